The minimum atomic E-state index is -1.68. The Morgan fingerprint density at radius 2 is 0.843 bits per heavy atom. The Bertz CT molecular complexity index is 2270. The number of aliphatic carboxylic acids is 2. The summed E-state index contributed by atoms with van der Waals surface area (Å²) in [6.45, 7) is 0.188. The standard InChI is InChI=1S/C47H62N10O13/c48-22-8-7-13-32(53-43(65)33(18-20-38(50)59)52-41(63)31(49)26-39(51)60)42(64)54-34(19-21-40(61)62)44(66)55-36(24-29-14-16-30(58)17-15-29)45(67)56-35(23-27-9-3-1-4-10-27)46(68)57-37(47(69)70)25-28-11-5-2-6-12-28/h1-6,9-12,14-17,31-37,58H,7-8,13,18-26,48-49H2,(H2,50,59)(H2,51,60)(H,52,63)(H,53,65)(H,54,64)(H,55,66)(H,56,67)(H,57,68)(H,61,62)(H,69,70)/t31-,32-,33-,34-,35-,36-,37-/m0/s1. The van der Waals surface area contributed by atoms with Crippen molar-refractivity contribution in [2.45, 2.75) is 113 Å². The molecule has 3 rings (SSSR count). The Morgan fingerprint density at radius 3 is 1.27 bits per heavy atom. The SMILES string of the molecule is NCCCC[C@H](NC(=O)[C@H](CCC(N)=O)NC(=O)[C@@H](N)CC(N)=O)C(=O)N[C@@H](CCC(=O)O)C(=O)N[C@@H](Cc1ccc(O)cc1)C(=O)N[C@@H](Cc1ccccc1)C(=O)N[C@@H](Cc1ccccc1)C(=O)O. The first kappa shape index (κ1) is 56.4. The van der Waals surface area contributed by atoms with Crippen molar-refractivity contribution in [3.8, 4) is 5.75 Å². The molecular formula is C47H62N10O13. The molecule has 0 saturated heterocycles. The number of nitrogens with one attached hydrogen (secondary N) is 6. The predicted molar refractivity (Wildman–Crippen MR) is 251 cm³/mol. The highest BCUT2D eigenvalue weighted by Crippen LogP contribution is 2.14. The summed E-state index contributed by atoms with van der Waals surface area (Å²) in [5.41, 5.74) is 23.4. The summed E-state index contributed by atoms with van der Waals surface area (Å²) >= 11 is 0. The molecule has 0 aromatic heterocycles. The van der Waals surface area contributed by atoms with Crippen LogP contribution in [0, 0.1) is 0 Å². The molecule has 0 radical (unpaired) electrons. The Morgan fingerprint density at radius 1 is 0.457 bits per heavy atom. The van der Waals surface area contributed by atoms with Crippen molar-refractivity contribution in [2.75, 3.05) is 6.54 Å². The van der Waals surface area contributed by atoms with Gasteiger partial charge in [-0.3, -0.25) is 43.2 Å². The molecule has 23 heteroatoms. The molecule has 0 aliphatic heterocycles. The van der Waals surface area contributed by atoms with Crippen LogP contribution in [0.25, 0.3) is 0 Å². The van der Waals surface area contributed by atoms with E-state index >= 15 is 0 Å². The summed E-state index contributed by atoms with van der Waals surface area (Å²) < 4.78 is 0. The molecule has 0 fully saturated rings. The maximum atomic E-state index is 14.4. The number of aromatic hydroxyl groups is 1. The number of carboxylic acids is 2. The number of phenolic OH excluding ortho intramolecular Hbond substituents is 1. The van der Waals surface area contributed by atoms with Gasteiger partial charge in [-0.15, -0.1) is 0 Å². The van der Waals surface area contributed by atoms with Crippen molar-refractivity contribution in [3.05, 3.63) is 102 Å². The molecule has 378 valence electrons. The summed E-state index contributed by atoms with van der Waals surface area (Å²) in [5, 5.41) is 44.6. The lowest BCUT2D eigenvalue weighted by Gasteiger charge is -2.28. The first-order chi connectivity index (χ1) is 33.3. The summed E-state index contributed by atoms with van der Waals surface area (Å²) in [7, 11) is 0. The molecule has 0 heterocycles. The molecule has 8 amide bonds. The largest absolute Gasteiger partial charge is 0.508 e. The third kappa shape index (κ3) is 20.5. The van der Waals surface area contributed by atoms with Crippen molar-refractivity contribution in [1.29, 1.82) is 0 Å². The lowest BCUT2D eigenvalue weighted by atomic mass is 10.0. The van der Waals surface area contributed by atoms with E-state index in [0.717, 1.165) is 0 Å². The average molecular weight is 975 g/mol. The van der Waals surface area contributed by atoms with Gasteiger partial charge in [0.2, 0.25) is 47.3 Å². The zero-order chi connectivity index (χ0) is 51.8. The van der Waals surface area contributed by atoms with Gasteiger partial charge in [-0.2, -0.15) is 0 Å². The number of carbonyl (C=O) groups is 10. The highest BCUT2D eigenvalue weighted by Gasteiger charge is 2.34. The van der Waals surface area contributed by atoms with E-state index in [0.29, 0.717) is 23.1 Å². The van der Waals surface area contributed by atoms with Crippen molar-refractivity contribution in [3.63, 3.8) is 0 Å². The first-order valence-corrected chi connectivity index (χ1v) is 22.4. The van der Waals surface area contributed by atoms with Gasteiger partial charge in [0.15, 0.2) is 0 Å². The maximum Gasteiger partial charge on any atom is 0.326 e. The molecular weight excluding hydrogens is 913 g/mol. The van der Waals surface area contributed by atoms with E-state index in [4.69, 9.17) is 22.9 Å². The molecule has 70 heavy (non-hydrogen) atoms. The topological polar surface area (TPSA) is 408 Å². The zero-order valence-corrected chi connectivity index (χ0v) is 38.3. The fraction of sp³-hybridized carbons (Fsp3) is 0.404. The molecule has 17 N–H and O–H groups in total. The minimum absolute atomic E-state index is 0.0893. The fourth-order valence-corrected chi connectivity index (χ4v) is 6.99. The Labute approximate surface area is 403 Å². The summed E-state index contributed by atoms with van der Waals surface area (Å²) in [4.78, 5) is 130. The van der Waals surface area contributed by atoms with E-state index < -0.39 is 127 Å². The first-order valence-electron chi connectivity index (χ1n) is 22.4. The number of phenols is 1. The van der Waals surface area contributed by atoms with Crippen LogP contribution in [0.1, 0.15) is 68.1 Å². The normalized spacial score (nSPS) is 13.9. The van der Waals surface area contributed by atoms with E-state index in [-0.39, 0.29) is 50.8 Å². The third-order valence-corrected chi connectivity index (χ3v) is 10.8. The van der Waals surface area contributed by atoms with E-state index in [9.17, 15) is 63.3 Å². The fourth-order valence-electron chi connectivity index (χ4n) is 6.99. The number of carboxylic acid groups (broad SMARTS) is 2. The highest BCUT2D eigenvalue weighted by atomic mass is 16.4. The van der Waals surface area contributed by atoms with Gasteiger partial charge in [-0.25, -0.2) is 4.79 Å². The van der Waals surface area contributed by atoms with Crippen LogP contribution < -0.4 is 54.8 Å². The Hall–Kier alpha value is -7.92. The van der Waals surface area contributed by atoms with Crippen molar-refractivity contribution in [1.82, 2.24) is 31.9 Å². The lowest BCUT2D eigenvalue weighted by Crippen LogP contribution is -2.60. The summed E-state index contributed by atoms with van der Waals surface area (Å²) in [5.74, 6) is -10.4. The third-order valence-electron chi connectivity index (χ3n) is 10.8. The number of benzene rings is 3. The molecule has 23 nitrogen and oxygen atoms in total. The van der Waals surface area contributed by atoms with Crippen LogP contribution in [0.3, 0.4) is 0 Å². The van der Waals surface area contributed by atoms with Gasteiger partial charge in [-0.1, -0.05) is 72.8 Å². The summed E-state index contributed by atoms with van der Waals surface area (Å²) in [6, 6.07) is 12.1. The van der Waals surface area contributed by atoms with Crippen molar-refractivity contribution in [2.24, 2.45) is 22.9 Å². The second kappa shape index (κ2) is 29.1. The minimum Gasteiger partial charge on any atom is -0.508 e. The van der Waals surface area contributed by atoms with Crippen LogP contribution >= 0.6 is 0 Å². The second-order valence-electron chi connectivity index (χ2n) is 16.5. The van der Waals surface area contributed by atoms with Gasteiger partial charge in [0.25, 0.3) is 0 Å². The van der Waals surface area contributed by atoms with Crippen LogP contribution in [0.5, 0.6) is 5.75 Å². The van der Waals surface area contributed by atoms with Gasteiger partial charge in [0, 0.05) is 32.1 Å². The number of rotatable bonds is 31. The number of hydrogen-bond acceptors (Lipinski definition) is 13. The molecule has 0 bridgehead atoms. The Balaban J connectivity index is 1.97. The van der Waals surface area contributed by atoms with Crippen LogP contribution in [0.4, 0.5) is 0 Å². The molecule has 3 aromatic carbocycles. The molecule has 0 saturated carbocycles. The molecule has 3 aromatic rings. The monoisotopic (exact) mass is 974 g/mol. The van der Waals surface area contributed by atoms with Gasteiger partial charge in [0.1, 0.15) is 42.0 Å². The van der Waals surface area contributed by atoms with E-state index in [2.05, 4.69) is 31.9 Å². The van der Waals surface area contributed by atoms with Crippen LogP contribution in [0.15, 0.2) is 84.9 Å². The smallest absolute Gasteiger partial charge is 0.326 e. The van der Waals surface area contributed by atoms with Crippen molar-refractivity contribution >= 4 is 59.2 Å². The lowest BCUT2D eigenvalue weighted by molar-refractivity contribution is -0.142. The second-order valence-corrected chi connectivity index (χ2v) is 16.5. The van der Waals surface area contributed by atoms with Crippen LogP contribution in [0.2, 0.25) is 0 Å². The van der Waals surface area contributed by atoms with Gasteiger partial charge in [0.05, 0.1) is 12.5 Å². The number of nitrogens with two attached hydrogens (primary N) is 4. The van der Waals surface area contributed by atoms with E-state index in [1.165, 1.54) is 24.3 Å². The molecule has 0 spiro atoms. The van der Waals surface area contributed by atoms with E-state index in [1.54, 1.807) is 60.7 Å². The van der Waals surface area contributed by atoms with E-state index in [1.807, 2.05) is 0 Å². The number of primary amides is 2. The number of carbonyl (C=O) groups excluding carboxylic acids is 8. The molecule has 0 unspecified atom stereocenters. The van der Waals surface area contributed by atoms with Gasteiger partial charge >= 0.3 is 11.9 Å². The number of unbranched alkanes of at least 4 members (excludes halogenated alkanes) is 1. The number of hydrogen-bond donors (Lipinski definition) is 13. The molecule has 0 aliphatic rings. The van der Waals surface area contributed by atoms with Gasteiger partial charge < -0.3 is 70.2 Å². The quantitative estimate of drug-likeness (QED) is 0.0307. The van der Waals surface area contributed by atoms with Crippen LogP contribution in [-0.2, 0) is 67.2 Å². The molecule has 0 aliphatic carbocycles. The molecule has 7 atom stereocenters. The predicted octanol–water partition coefficient (Wildman–Crippen LogP) is -2.12. The summed E-state index contributed by atoms with van der Waals surface area (Å²) in [6.07, 6.45) is -2.51. The van der Waals surface area contributed by atoms with Gasteiger partial charge in [-0.05, 0) is 67.5 Å². The van der Waals surface area contributed by atoms with Crippen LogP contribution in [-0.4, -0.2) is 123 Å². The maximum absolute atomic E-state index is 14.4. The number of amides is 8. The zero-order valence-electron chi connectivity index (χ0n) is 38.3. The average Bonchev–Trinajstić information content (AvgIpc) is 3.31. The van der Waals surface area contributed by atoms with Crippen molar-refractivity contribution < 1.29 is 63.3 Å². The highest BCUT2D eigenvalue weighted by molar-refractivity contribution is 5.98. The Kier molecular flexibility index (Phi) is 23.4.